The Morgan fingerprint density at radius 1 is 1.29 bits per heavy atom. The van der Waals surface area contributed by atoms with Gasteiger partial charge in [0.2, 0.25) is 0 Å². The number of aryl methyl sites for hydroxylation is 1. The van der Waals surface area contributed by atoms with Gasteiger partial charge in [-0.05, 0) is 49.2 Å². The van der Waals surface area contributed by atoms with Gasteiger partial charge in [-0.2, -0.15) is 0 Å². The van der Waals surface area contributed by atoms with Gasteiger partial charge in [-0.25, -0.2) is 0 Å². The van der Waals surface area contributed by atoms with Crippen LogP contribution >= 0.6 is 0 Å². The molecule has 3 rings (SSSR count). The minimum atomic E-state index is -0.758. The lowest BCUT2D eigenvalue weighted by atomic mass is 10.0. The highest BCUT2D eigenvalue weighted by molar-refractivity contribution is 5.90. The predicted octanol–water partition coefficient (Wildman–Crippen LogP) is 2.93. The van der Waals surface area contributed by atoms with Crippen LogP contribution in [0.4, 0.5) is 0 Å². The summed E-state index contributed by atoms with van der Waals surface area (Å²) in [6.45, 7) is 7.08. The number of aromatic nitrogens is 1. The lowest BCUT2D eigenvalue weighted by Gasteiger charge is -2.07. The highest BCUT2D eigenvalue weighted by atomic mass is 16.4. The maximum Gasteiger partial charge on any atom is 0.307 e. The lowest BCUT2D eigenvalue weighted by molar-refractivity contribution is -0.136. The number of hydrogen-bond acceptors (Lipinski definition) is 2. The van der Waals surface area contributed by atoms with Crippen molar-refractivity contribution in [2.75, 3.05) is 7.05 Å². The summed E-state index contributed by atoms with van der Waals surface area (Å²) in [4.78, 5) is 13.5. The van der Waals surface area contributed by atoms with Gasteiger partial charge in [-0.3, -0.25) is 9.69 Å². The number of benzene rings is 1. The average Bonchev–Trinajstić information content (AvgIpc) is 2.88. The molecule has 0 radical (unpaired) electrons. The monoisotopic (exact) mass is 286 g/mol. The maximum atomic E-state index is 11.2. The minimum Gasteiger partial charge on any atom is -0.481 e. The number of hydrogen-bond donors (Lipinski definition) is 1. The van der Waals surface area contributed by atoms with Crippen LogP contribution in [0, 0.1) is 6.92 Å². The molecule has 1 aliphatic heterocycles. The summed E-state index contributed by atoms with van der Waals surface area (Å²) in [5.74, 6) is -0.758. The van der Waals surface area contributed by atoms with Crippen LogP contribution in [0.5, 0.6) is 0 Å². The van der Waals surface area contributed by atoms with E-state index in [0.29, 0.717) is 0 Å². The van der Waals surface area contributed by atoms with E-state index in [1.165, 1.54) is 16.6 Å². The van der Waals surface area contributed by atoms with Crippen molar-refractivity contribution in [1.29, 1.82) is 0 Å². The van der Waals surface area contributed by atoms with Crippen LogP contribution in [0.1, 0.15) is 35.7 Å². The van der Waals surface area contributed by atoms with Gasteiger partial charge in [0.25, 0.3) is 0 Å². The summed E-state index contributed by atoms with van der Waals surface area (Å²) in [5, 5.41) is 10.3. The number of nitrogens with zero attached hydrogens (tertiary/aromatic N) is 2. The Morgan fingerprint density at radius 3 is 2.57 bits per heavy atom. The second kappa shape index (κ2) is 5.19. The van der Waals surface area contributed by atoms with Gasteiger partial charge in [0.15, 0.2) is 0 Å². The number of carbonyl (C=O) groups is 1. The van der Waals surface area contributed by atoms with Crippen molar-refractivity contribution in [3.8, 4) is 0 Å². The first-order chi connectivity index (χ1) is 10.0. The molecule has 0 bridgehead atoms. The second-order valence-electron chi connectivity index (χ2n) is 6.10. The fourth-order valence-electron chi connectivity index (χ4n) is 3.50. The summed E-state index contributed by atoms with van der Waals surface area (Å²) in [5.41, 5.74) is 5.99. The third-order valence-electron chi connectivity index (χ3n) is 4.43. The Balaban J connectivity index is 2.23. The van der Waals surface area contributed by atoms with Crippen LogP contribution in [0.2, 0.25) is 0 Å². The molecule has 0 atom stereocenters. The molecule has 0 saturated heterocycles. The van der Waals surface area contributed by atoms with Crippen LogP contribution in [-0.2, 0) is 30.8 Å². The van der Waals surface area contributed by atoms with Gasteiger partial charge in [0, 0.05) is 36.2 Å². The van der Waals surface area contributed by atoms with Gasteiger partial charge < -0.3 is 9.67 Å². The molecular formula is C17H22N2O2. The predicted molar refractivity (Wildman–Crippen MR) is 83.5 cm³/mol. The Labute approximate surface area is 125 Å². The summed E-state index contributed by atoms with van der Waals surface area (Å²) in [6, 6.07) is 4.48. The molecule has 2 aromatic rings. The fraction of sp³-hybridized carbons (Fsp3) is 0.471. The third-order valence-corrected chi connectivity index (χ3v) is 4.43. The van der Waals surface area contributed by atoms with E-state index in [1.807, 2.05) is 6.92 Å². The molecule has 1 aliphatic rings. The third kappa shape index (κ3) is 2.33. The largest absolute Gasteiger partial charge is 0.481 e. The van der Waals surface area contributed by atoms with Crippen molar-refractivity contribution < 1.29 is 9.90 Å². The zero-order valence-corrected chi connectivity index (χ0v) is 12.9. The average molecular weight is 286 g/mol. The van der Waals surface area contributed by atoms with E-state index in [0.717, 1.165) is 42.7 Å². The van der Waals surface area contributed by atoms with Crippen LogP contribution in [-0.4, -0.2) is 27.6 Å². The molecule has 0 saturated carbocycles. The van der Waals surface area contributed by atoms with Gasteiger partial charge in [-0.15, -0.1) is 0 Å². The molecule has 0 aliphatic carbocycles. The molecule has 1 N–H and O–H groups in total. The van der Waals surface area contributed by atoms with E-state index < -0.39 is 5.97 Å². The summed E-state index contributed by atoms with van der Waals surface area (Å²) in [7, 11) is 2.12. The molecule has 4 heteroatoms. The molecule has 0 fully saturated rings. The zero-order valence-electron chi connectivity index (χ0n) is 12.9. The topological polar surface area (TPSA) is 45.5 Å². The number of rotatable bonds is 4. The molecule has 1 aromatic carbocycles. The molecule has 0 unspecified atom stereocenters. The van der Waals surface area contributed by atoms with Crippen molar-refractivity contribution >= 4 is 16.9 Å². The van der Waals surface area contributed by atoms with Crippen molar-refractivity contribution in [2.45, 2.75) is 46.3 Å². The number of carboxylic acid groups (broad SMARTS) is 1. The summed E-state index contributed by atoms with van der Waals surface area (Å²) >= 11 is 0. The van der Waals surface area contributed by atoms with Crippen molar-refractivity contribution in [3.05, 3.63) is 34.5 Å². The van der Waals surface area contributed by atoms with Crippen LogP contribution in [0.15, 0.2) is 12.1 Å². The molecule has 1 aromatic heterocycles. The Hall–Kier alpha value is -1.81. The molecule has 4 nitrogen and oxygen atoms in total. The first kappa shape index (κ1) is 14.1. The SMILES string of the molecule is CCCn1c(C)c(CC(=O)O)c2cc3c(cc21)CN(C)C3. The normalized spacial score (nSPS) is 14.8. The smallest absolute Gasteiger partial charge is 0.307 e. The summed E-state index contributed by atoms with van der Waals surface area (Å²) in [6.07, 6.45) is 1.15. The number of aliphatic carboxylic acids is 1. The van der Waals surface area contributed by atoms with Gasteiger partial charge >= 0.3 is 5.97 Å². The highest BCUT2D eigenvalue weighted by Crippen LogP contribution is 2.32. The second-order valence-corrected chi connectivity index (χ2v) is 6.10. The van der Waals surface area contributed by atoms with E-state index in [9.17, 15) is 9.90 Å². The van der Waals surface area contributed by atoms with E-state index in [-0.39, 0.29) is 6.42 Å². The van der Waals surface area contributed by atoms with E-state index in [2.05, 4.69) is 35.6 Å². The molecule has 0 amide bonds. The first-order valence-corrected chi connectivity index (χ1v) is 7.55. The Bertz CT molecular complexity index is 715. The quantitative estimate of drug-likeness (QED) is 0.940. The van der Waals surface area contributed by atoms with Crippen molar-refractivity contribution in [3.63, 3.8) is 0 Å². The Morgan fingerprint density at radius 2 is 1.95 bits per heavy atom. The zero-order chi connectivity index (χ0) is 15.1. The van der Waals surface area contributed by atoms with E-state index >= 15 is 0 Å². The molecule has 2 heterocycles. The Kier molecular flexibility index (Phi) is 3.49. The van der Waals surface area contributed by atoms with Crippen molar-refractivity contribution in [2.24, 2.45) is 0 Å². The molecule has 21 heavy (non-hydrogen) atoms. The number of carboxylic acids is 1. The molecular weight excluding hydrogens is 264 g/mol. The van der Waals surface area contributed by atoms with Crippen LogP contribution in [0.25, 0.3) is 10.9 Å². The number of fused-ring (bicyclic) bond motifs is 2. The van der Waals surface area contributed by atoms with E-state index in [1.54, 1.807) is 0 Å². The fourth-order valence-corrected chi connectivity index (χ4v) is 3.50. The van der Waals surface area contributed by atoms with Gasteiger partial charge in [0.1, 0.15) is 0 Å². The molecule has 112 valence electrons. The molecule has 0 spiro atoms. The van der Waals surface area contributed by atoms with Crippen LogP contribution < -0.4 is 0 Å². The van der Waals surface area contributed by atoms with Gasteiger partial charge in [-0.1, -0.05) is 6.92 Å². The van der Waals surface area contributed by atoms with Crippen LogP contribution in [0.3, 0.4) is 0 Å². The maximum absolute atomic E-state index is 11.2. The summed E-state index contributed by atoms with van der Waals surface area (Å²) < 4.78 is 2.28. The first-order valence-electron chi connectivity index (χ1n) is 7.55. The minimum absolute atomic E-state index is 0.105. The standard InChI is InChI=1S/C17H22N2O2/c1-4-5-19-11(2)14(8-17(20)21)15-6-12-9-18(3)10-13(12)7-16(15)19/h6-7H,4-5,8-10H2,1-3H3,(H,20,21). The van der Waals surface area contributed by atoms with Crippen molar-refractivity contribution in [1.82, 2.24) is 9.47 Å². The lowest BCUT2D eigenvalue weighted by Crippen LogP contribution is -2.07. The van der Waals surface area contributed by atoms with Gasteiger partial charge in [0.05, 0.1) is 6.42 Å². The highest BCUT2D eigenvalue weighted by Gasteiger charge is 2.21. The van der Waals surface area contributed by atoms with E-state index in [4.69, 9.17) is 0 Å².